The van der Waals surface area contributed by atoms with Gasteiger partial charge in [0.05, 0.1) is 24.9 Å². The molecule has 0 radical (unpaired) electrons. The number of carbonyl (C=O) groups excluding carboxylic acids is 1. The number of aliphatic hydroxyl groups is 3. The van der Waals surface area contributed by atoms with Gasteiger partial charge >= 0.3 is 0 Å². The Balaban J connectivity index is 1.92. The summed E-state index contributed by atoms with van der Waals surface area (Å²) < 4.78 is 24.6. The Bertz CT molecular complexity index is 445. The molecule has 2 fully saturated rings. The zero-order valence-corrected chi connectivity index (χ0v) is 14.0. The van der Waals surface area contributed by atoms with Crippen LogP contribution in [-0.2, 0) is 14.3 Å². The van der Waals surface area contributed by atoms with Crippen molar-refractivity contribution in [2.75, 3.05) is 13.2 Å². The number of rotatable bonds is 7. The molecule has 8 atom stereocenters. The van der Waals surface area contributed by atoms with Crippen molar-refractivity contribution >= 4 is 5.91 Å². The Morgan fingerprint density at radius 3 is 2.72 bits per heavy atom. The highest BCUT2D eigenvalue weighted by molar-refractivity contribution is 5.81. The predicted molar refractivity (Wildman–Crippen MR) is 85.0 cm³/mol. The number of alkyl halides is 1. The second-order valence-corrected chi connectivity index (χ2v) is 6.66. The van der Waals surface area contributed by atoms with Crippen LogP contribution in [0, 0.1) is 0 Å². The molecule has 2 rings (SSSR count). The van der Waals surface area contributed by atoms with Gasteiger partial charge in [0.15, 0.2) is 12.4 Å². The van der Waals surface area contributed by atoms with Gasteiger partial charge in [0.1, 0.15) is 12.3 Å². The van der Waals surface area contributed by atoms with Gasteiger partial charge in [-0.2, -0.15) is 0 Å². The Labute approximate surface area is 145 Å². The Morgan fingerprint density at radius 2 is 2.12 bits per heavy atom. The van der Waals surface area contributed by atoms with Crippen LogP contribution in [0.15, 0.2) is 0 Å². The molecule has 10 heteroatoms. The summed E-state index contributed by atoms with van der Waals surface area (Å²) in [5, 5.41) is 31.5. The summed E-state index contributed by atoms with van der Waals surface area (Å²) in [5.74, 6) is -0.952. The molecule has 1 saturated carbocycles. The molecule has 1 aliphatic heterocycles. The quantitative estimate of drug-likeness (QED) is 0.288. The fraction of sp³-hybridized carbons (Fsp3) is 0.933. The van der Waals surface area contributed by atoms with E-state index in [0.717, 1.165) is 0 Å². The summed E-state index contributed by atoms with van der Waals surface area (Å²) in [6.45, 7) is -0.590. The minimum absolute atomic E-state index is 0.102. The molecule has 0 aromatic heterocycles. The van der Waals surface area contributed by atoms with Crippen molar-refractivity contribution in [3.05, 3.63) is 0 Å². The summed E-state index contributed by atoms with van der Waals surface area (Å²) in [7, 11) is 0. The van der Waals surface area contributed by atoms with E-state index in [2.05, 4.69) is 5.32 Å². The molecule has 25 heavy (non-hydrogen) atoms. The van der Waals surface area contributed by atoms with Crippen LogP contribution in [0.25, 0.3) is 0 Å². The number of nitrogens with two attached hydrogens (primary N) is 2. The van der Waals surface area contributed by atoms with Crippen LogP contribution < -0.4 is 16.8 Å². The molecule has 2 aliphatic rings. The van der Waals surface area contributed by atoms with Gasteiger partial charge in [0.2, 0.25) is 0 Å². The van der Waals surface area contributed by atoms with Crippen LogP contribution in [0.3, 0.4) is 0 Å². The normalized spacial score (nSPS) is 38.3. The third kappa shape index (κ3) is 5.30. The van der Waals surface area contributed by atoms with Gasteiger partial charge in [-0.25, -0.2) is 4.39 Å². The monoisotopic (exact) mass is 365 g/mol. The predicted octanol–water partition coefficient (Wildman–Crippen LogP) is -2.51. The minimum Gasteiger partial charge on any atom is -0.394 e. The summed E-state index contributed by atoms with van der Waals surface area (Å²) in [4.78, 5) is 11.9. The van der Waals surface area contributed by atoms with Gasteiger partial charge in [0, 0.05) is 19.0 Å². The highest BCUT2D eigenvalue weighted by atomic mass is 19.1. The molecule has 0 aromatic rings. The maximum Gasteiger partial charge on any atom is 0.252 e. The molecule has 8 N–H and O–H groups in total. The van der Waals surface area contributed by atoms with Crippen molar-refractivity contribution < 1.29 is 34.0 Å². The third-order valence-electron chi connectivity index (χ3n) is 4.65. The van der Waals surface area contributed by atoms with E-state index in [9.17, 15) is 19.4 Å². The molecule has 1 saturated heterocycles. The average molecular weight is 365 g/mol. The van der Waals surface area contributed by atoms with Crippen molar-refractivity contribution in [2.45, 2.75) is 74.6 Å². The molecule has 0 spiro atoms. The molecular weight excluding hydrogens is 337 g/mol. The van der Waals surface area contributed by atoms with E-state index < -0.39 is 49.3 Å². The number of ether oxygens (including phenoxy) is 2. The van der Waals surface area contributed by atoms with Gasteiger partial charge in [-0.15, -0.1) is 0 Å². The Morgan fingerprint density at radius 1 is 1.40 bits per heavy atom. The topological polar surface area (TPSA) is 160 Å². The van der Waals surface area contributed by atoms with E-state index in [4.69, 9.17) is 26.0 Å². The largest absolute Gasteiger partial charge is 0.394 e. The fourth-order valence-electron chi connectivity index (χ4n) is 3.20. The van der Waals surface area contributed by atoms with E-state index in [1.807, 2.05) is 0 Å². The number of hydrogen-bond acceptors (Lipinski definition) is 8. The number of nitrogens with one attached hydrogen (secondary N) is 1. The van der Waals surface area contributed by atoms with E-state index in [1.54, 1.807) is 0 Å². The lowest BCUT2D eigenvalue weighted by Gasteiger charge is -2.39. The standard InChI is InChI=1S/C15H28FN3O6/c16-9(5-17)13(21)15(23)19-10-3-7(18)4-11(14(10)22)25-12-2-1-8(6-20)24-12/h7-14,20-22H,1-6,17-18H2,(H,19,23)/t7?,8?,9?,10?,11?,12?,13?,14-/m0/s1. The number of carbonyl (C=O) groups is 1. The van der Waals surface area contributed by atoms with Crippen LogP contribution >= 0.6 is 0 Å². The highest BCUT2D eigenvalue weighted by Crippen LogP contribution is 2.27. The summed E-state index contributed by atoms with van der Waals surface area (Å²) in [5.41, 5.74) is 11.1. The van der Waals surface area contributed by atoms with Gasteiger partial charge in [-0.3, -0.25) is 4.79 Å². The highest BCUT2D eigenvalue weighted by Gasteiger charge is 2.40. The first-order valence-electron chi connectivity index (χ1n) is 8.53. The van der Waals surface area contributed by atoms with E-state index in [-0.39, 0.29) is 25.2 Å². The van der Waals surface area contributed by atoms with Crippen molar-refractivity contribution in [3.63, 3.8) is 0 Å². The second kappa shape index (κ2) is 9.17. The summed E-state index contributed by atoms with van der Waals surface area (Å²) in [6.07, 6.45) is -4.52. The van der Waals surface area contributed by atoms with Crippen molar-refractivity contribution in [1.29, 1.82) is 0 Å². The summed E-state index contributed by atoms with van der Waals surface area (Å²) >= 11 is 0. The minimum atomic E-state index is -1.90. The molecular formula is C15H28FN3O6. The lowest BCUT2D eigenvalue weighted by Crippen LogP contribution is -2.59. The van der Waals surface area contributed by atoms with Crippen LogP contribution in [0.2, 0.25) is 0 Å². The number of hydrogen-bond donors (Lipinski definition) is 6. The van der Waals surface area contributed by atoms with Crippen molar-refractivity contribution in [3.8, 4) is 0 Å². The van der Waals surface area contributed by atoms with E-state index in [0.29, 0.717) is 19.3 Å². The van der Waals surface area contributed by atoms with Crippen LogP contribution in [0.4, 0.5) is 4.39 Å². The molecule has 1 amide bonds. The maximum atomic E-state index is 13.3. The smallest absolute Gasteiger partial charge is 0.252 e. The molecule has 1 heterocycles. The van der Waals surface area contributed by atoms with Crippen LogP contribution in [0.1, 0.15) is 25.7 Å². The molecule has 1 aliphatic carbocycles. The molecule has 7 unspecified atom stereocenters. The Hall–Kier alpha value is -0.880. The summed E-state index contributed by atoms with van der Waals surface area (Å²) in [6, 6.07) is -1.13. The zero-order valence-electron chi connectivity index (χ0n) is 14.0. The van der Waals surface area contributed by atoms with Crippen molar-refractivity contribution in [1.82, 2.24) is 5.32 Å². The van der Waals surface area contributed by atoms with Gasteiger partial charge in [-0.1, -0.05) is 0 Å². The zero-order chi connectivity index (χ0) is 18.6. The maximum absolute atomic E-state index is 13.3. The molecule has 146 valence electrons. The lowest BCUT2D eigenvalue weighted by atomic mass is 9.86. The number of halogens is 1. The van der Waals surface area contributed by atoms with Gasteiger partial charge in [0.25, 0.3) is 5.91 Å². The van der Waals surface area contributed by atoms with Gasteiger partial charge in [-0.05, 0) is 19.3 Å². The third-order valence-corrected chi connectivity index (χ3v) is 4.65. The van der Waals surface area contributed by atoms with Crippen molar-refractivity contribution in [2.24, 2.45) is 11.5 Å². The van der Waals surface area contributed by atoms with E-state index in [1.165, 1.54) is 0 Å². The first-order valence-corrected chi connectivity index (χ1v) is 8.53. The second-order valence-electron chi connectivity index (χ2n) is 6.66. The van der Waals surface area contributed by atoms with Crippen LogP contribution in [-0.4, -0.2) is 83.3 Å². The SMILES string of the molecule is NCC(F)C(O)C(=O)NC1CC(N)CC(OC2CCC(CO)O2)[C@H]1O. The fourth-order valence-corrected chi connectivity index (χ4v) is 3.20. The Kier molecular flexibility index (Phi) is 7.50. The number of aliphatic hydroxyl groups excluding tert-OH is 3. The first kappa shape index (κ1) is 20.4. The molecule has 9 nitrogen and oxygen atoms in total. The molecule has 0 aromatic carbocycles. The number of amides is 1. The van der Waals surface area contributed by atoms with E-state index >= 15 is 0 Å². The molecule has 0 bridgehead atoms. The van der Waals surface area contributed by atoms with Gasteiger partial charge < -0.3 is 41.6 Å². The first-order chi connectivity index (χ1) is 11.8. The van der Waals surface area contributed by atoms with Crippen LogP contribution in [0.5, 0.6) is 0 Å². The average Bonchev–Trinajstić information content (AvgIpc) is 3.05. The lowest BCUT2D eigenvalue weighted by molar-refractivity contribution is -0.199.